The number of thiazole rings is 1. The van der Waals surface area contributed by atoms with E-state index in [9.17, 15) is 4.79 Å². The number of hydrogen-bond donors (Lipinski definition) is 2. The molecule has 2 aromatic rings. The Kier molecular flexibility index (Phi) is 3.62. The van der Waals surface area contributed by atoms with Gasteiger partial charge >= 0.3 is 6.03 Å². The number of nitrogens with zero attached hydrogens (tertiary/aromatic N) is 1. The van der Waals surface area contributed by atoms with Crippen molar-refractivity contribution in [3.63, 3.8) is 0 Å². The van der Waals surface area contributed by atoms with E-state index in [-0.39, 0.29) is 6.03 Å². The minimum Gasteiger partial charge on any atom is -0.326 e. The van der Waals surface area contributed by atoms with E-state index in [2.05, 4.69) is 15.6 Å². The molecule has 0 saturated heterocycles. The number of amides is 2. The third-order valence-corrected chi connectivity index (χ3v) is 3.52. The van der Waals surface area contributed by atoms with E-state index in [4.69, 9.17) is 0 Å². The number of urea groups is 1. The van der Waals surface area contributed by atoms with Crippen molar-refractivity contribution in [3.05, 3.63) is 46.9 Å². The van der Waals surface area contributed by atoms with Crippen LogP contribution in [0.2, 0.25) is 0 Å². The lowest BCUT2D eigenvalue weighted by molar-refractivity contribution is 0.242. The third kappa shape index (κ3) is 3.07. The van der Waals surface area contributed by atoms with Gasteiger partial charge in [-0.15, -0.1) is 11.3 Å². The minimum atomic E-state index is -0.479. The van der Waals surface area contributed by atoms with E-state index in [0.29, 0.717) is 0 Å². The number of rotatable bonds is 3. The zero-order valence-electron chi connectivity index (χ0n) is 10.3. The van der Waals surface area contributed by atoms with Gasteiger partial charge in [-0.25, -0.2) is 9.78 Å². The molecule has 0 aliphatic heterocycles. The van der Waals surface area contributed by atoms with Gasteiger partial charge in [-0.3, -0.25) is 0 Å². The Morgan fingerprint density at radius 2 is 2.00 bits per heavy atom. The highest BCUT2D eigenvalue weighted by atomic mass is 32.1. The van der Waals surface area contributed by atoms with Gasteiger partial charge in [0.15, 0.2) is 0 Å². The quantitative estimate of drug-likeness (QED) is 0.891. The van der Waals surface area contributed by atoms with Crippen molar-refractivity contribution >= 4 is 23.1 Å². The summed E-state index contributed by atoms with van der Waals surface area (Å²) in [6, 6.07) is 9.11. The number of anilines is 1. The minimum absolute atomic E-state index is 0.235. The molecular weight excluding hydrogens is 246 g/mol. The SMILES string of the molecule is CC(C)(NC(=O)Nc1ccccc1)c1nccs1. The highest BCUT2D eigenvalue weighted by Crippen LogP contribution is 2.22. The maximum Gasteiger partial charge on any atom is 0.319 e. The summed E-state index contributed by atoms with van der Waals surface area (Å²) in [5.41, 5.74) is 0.289. The molecular formula is C13H15N3OS. The summed E-state index contributed by atoms with van der Waals surface area (Å²) in [7, 11) is 0. The second-order valence-corrected chi connectivity index (χ2v) is 5.30. The molecule has 2 N–H and O–H groups in total. The van der Waals surface area contributed by atoms with Crippen LogP contribution in [0.5, 0.6) is 0 Å². The first-order valence-electron chi connectivity index (χ1n) is 5.62. The van der Waals surface area contributed by atoms with Gasteiger partial charge < -0.3 is 10.6 Å². The Labute approximate surface area is 110 Å². The maximum absolute atomic E-state index is 11.9. The van der Waals surface area contributed by atoms with Crippen molar-refractivity contribution in [3.8, 4) is 0 Å². The van der Waals surface area contributed by atoms with Crippen LogP contribution in [0.15, 0.2) is 41.9 Å². The number of aromatic nitrogens is 1. The molecule has 2 rings (SSSR count). The zero-order chi connectivity index (χ0) is 13.0. The van der Waals surface area contributed by atoms with Gasteiger partial charge in [0.1, 0.15) is 5.01 Å². The zero-order valence-corrected chi connectivity index (χ0v) is 11.1. The smallest absolute Gasteiger partial charge is 0.319 e. The van der Waals surface area contributed by atoms with Crippen molar-refractivity contribution in [2.45, 2.75) is 19.4 Å². The number of hydrogen-bond acceptors (Lipinski definition) is 3. The molecule has 2 amide bonds. The maximum atomic E-state index is 11.9. The van der Waals surface area contributed by atoms with E-state index in [0.717, 1.165) is 10.7 Å². The van der Waals surface area contributed by atoms with Gasteiger partial charge in [0.05, 0.1) is 5.54 Å². The number of carbonyl (C=O) groups excluding carboxylic acids is 1. The largest absolute Gasteiger partial charge is 0.326 e. The Morgan fingerprint density at radius 3 is 2.61 bits per heavy atom. The highest BCUT2D eigenvalue weighted by Gasteiger charge is 2.25. The van der Waals surface area contributed by atoms with Gasteiger partial charge in [-0.2, -0.15) is 0 Å². The molecule has 0 saturated carbocycles. The van der Waals surface area contributed by atoms with Gasteiger partial charge in [-0.05, 0) is 26.0 Å². The van der Waals surface area contributed by atoms with Crippen LogP contribution in [-0.4, -0.2) is 11.0 Å². The molecule has 0 bridgehead atoms. The molecule has 1 aromatic heterocycles. The highest BCUT2D eigenvalue weighted by molar-refractivity contribution is 7.09. The first-order chi connectivity index (χ1) is 8.58. The number of nitrogens with one attached hydrogen (secondary N) is 2. The Balaban J connectivity index is 2.00. The molecule has 0 radical (unpaired) electrons. The van der Waals surface area contributed by atoms with Crippen molar-refractivity contribution < 1.29 is 4.79 Å². The van der Waals surface area contributed by atoms with Crippen molar-refractivity contribution in [1.29, 1.82) is 0 Å². The third-order valence-electron chi connectivity index (χ3n) is 2.42. The lowest BCUT2D eigenvalue weighted by Crippen LogP contribution is -2.43. The predicted octanol–water partition coefficient (Wildman–Crippen LogP) is 3.20. The second-order valence-electron chi connectivity index (χ2n) is 4.41. The van der Waals surface area contributed by atoms with Crippen LogP contribution in [-0.2, 0) is 5.54 Å². The summed E-state index contributed by atoms with van der Waals surface area (Å²) in [6.45, 7) is 3.85. The summed E-state index contributed by atoms with van der Waals surface area (Å²) in [5.74, 6) is 0. The summed E-state index contributed by atoms with van der Waals surface area (Å²) in [5, 5.41) is 8.47. The number of carbonyl (C=O) groups is 1. The lowest BCUT2D eigenvalue weighted by atomic mass is 10.1. The van der Waals surface area contributed by atoms with E-state index in [1.807, 2.05) is 49.6 Å². The van der Waals surface area contributed by atoms with E-state index >= 15 is 0 Å². The van der Waals surface area contributed by atoms with Crippen molar-refractivity contribution in [1.82, 2.24) is 10.3 Å². The van der Waals surface area contributed by atoms with Crippen molar-refractivity contribution in [2.24, 2.45) is 0 Å². The van der Waals surface area contributed by atoms with Crippen molar-refractivity contribution in [2.75, 3.05) is 5.32 Å². The molecule has 0 fully saturated rings. The van der Waals surface area contributed by atoms with E-state index in [1.54, 1.807) is 6.20 Å². The first-order valence-corrected chi connectivity index (χ1v) is 6.50. The molecule has 0 spiro atoms. The molecule has 18 heavy (non-hydrogen) atoms. The van der Waals surface area contributed by atoms with Crippen LogP contribution in [0.1, 0.15) is 18.9 Å². The van der Waals surface area contributed by atoms with E-state index < -0.39 is 5.54 Å². The second kappa shape index (κ2) is 5.18. The summed E-state index contributed by atoms with van der Waals surface area (Å²) >= 11 is 1.52. The lowest BCUT2D eigenvalue weighted by Gasteiger charge is -2.23. The molecule has 4 nitrogen and oxygen atoms in total. The molecule has 5 heteroatoms. The van der Waals surface area contributed by atoms with Gasteiger partial charge in [-0.1, -0.05) is 18.2 Å². The van der Waals surface area contributed by atoms with Crippen LogP contribution >= 0.6 is 11.3 Å². The van der Waals surface area contributed by atoms with Gasteiger partial charge in [0.25, 0.3) is 0 Å². The fraction of sp³-hybridized carbons (Fsp3) is 0.231. The Hall–Kier alpha value is -1.88. The topological polar surface area (TPSA) is 54.0 Å². The average molecular weight is 261 g/mol. The fourth-order valence-electron chi connectivity index (χ4n) is 1.55. The fourth-order valence-corrected chi connectivity index (χ4v) is 2.27. The molecule has 94 valence electrons. The van der Waals surface area contributed by atoms with Crippen LogP contribution < -0.4 is 10.6 Å². The predicted molar refractivity (Wildman–Crippen MR) is 73.7 cm³/mol. The normalized spacial score (nSPS) is 11.0. The van der Waals surface area contributed by atoms with Gasteiger partial charge in [0, 0.05) is 17.3 Å². The van der Waals surface area contributed by atoms with Crippen LogP contribution in [0, 0.1) is 0 Å². The molecule has 0 aliphatic rings. The van der Waals surface area contributed by atoms with Crippen LogP contribution in [0.3, 0.4) is 0 Å². The molecule has 0 atom stereocenters. The van der Waals surface area contributed by atoms with E-state index in [1.165, 1.54) is 11.3 Å². The molecule has 0 unspecified atom stereocenters. The number of benzene rings is 1. The molecule has 0 aliphatic carbocycles. The summed E-state index contributed by atoms with van der Waals surface area (Å²) < 4.78 is 0. The Bertz CT molecular complexity index is 508. The van der Waals surface area contributed by atoms with Crippen LogP contribution in [0.25, 0.3) is 0 Å². The van der Waals surface area contributed by atoms with Crippen LogP contribution in [0.4, 0.5) is 10.5 Å². The monoisotopic (exact) mass is 261 g/mol. The number of para-hydroxylation sites is 1. The van der Waals surface area contributed by atoms with Gasteiger partial charge in [0.2, 0.25) is 0 Å². The summed E-state index contributed by atoms with van der Waals surface area (Å²) in [4.78, 5) is 16.1. The Morgan fingerprint density at radius 1 is 1.28 bits per heavy atom. The molecule has 1 heterocycles. The standard InChI is InChI=1S/C13H15N3OS/c1-13(2,11-14-8-9-18-11)16-12(17)15-10-6-4-3-5-7-10/h3-9H,1-2H3,(H2,15,16,17). The first kappa shape index (κ1) is 12.6. The summed E-state index contributed by atoms with van der Waals surface area (Å²) in [6.07, 6.45) is 1.73. The molecule has 1 aromatic carbocycles. The average Bonchev–Trinajstić information content (AvgIpc) is 2.83.